The molecule has 1 aliphatic heterocycles. The van der Waals surface area contributed by atoms with Crippen molar-refractivity contribution in [2.24, 2.45) is 0 Å². The molecule has 0 saturated heterocycles. The quantitative estimate of drug-likeness (QED) is 0.385. The van der Waals surface area contributed by atoms with E-state index in [1.165, 1.54) is 0 Å². The molecule has 1 aliphatic rings. The number of rotatable bonds is 10. The second-order valence-corrected chi connectivity index (χ2v) is 11.2. The molecule has 1 aromatic heterocycles. The van der Waals surface area contributed by atoms with Crippen molar-refractivity contribution in [3.8, 4) is 11.5 Å². The smallest absolute Gasteiger partial charge is 0.422 e. The van der Waals surface area contributed by atoms with E-state index in [1.807, 2.05) is 5.32 Å². The number of carbonyl (C=O) groups excluding carboxylic acids is 2. The Morgan fingerprint density at radius 2 is 1.69 bits per heavy atom. The third-order valence-corrected chi connectivity index (χ3v) is 6.55. The zero-order chi connectivity index (χ0) is 31.5. The van der Waals surface area contributed by atoms with Crippen molar-refractivity contribution in [2.45, 2.75) is 30.9 Å². The number of carbonyl (C=O) groups is 2. The van der Waals surface area contributed by atoms with Crippen LogP contribution in [0.2, 0.25) is 0 Å². The van der Waals surface area contributed by atoms with E-state index in [9.17, 15) is 53.1 Å². The molecule has 0 bridgehead atoms. The predicted molar refractivity (Wildman–Crippen MR) is 129 cm³/mol. The van der Waals surface area contributed by atoms with Gasteiger partial charge in [0, 0.05) is 24.8 Å². The van der Waals surface area contributed by atoms with Crippen molar-refractivity contribution in [3.63, 3.8) is 0 Å². The van der Waals surface area contributed by atoms with Gasteiger partial charge >= 0.3 is 19.0 Å². The van der Waals surface area contributed by atoms with Gasteiger partial charge in [0.05, 0.1) is 11.9 Å². The number of hydrogen-bond donors (Lipinski definition) is 2. The SMILES string of the molecule is CS(=O)(=O)CC(=O)NCC1=C(c2ccc(OC(F)F)cn2)C[C@](c2ccc(OCC(F)(F)F)cc2)(C(F)(F)F)NC1=O. The second kappa shape index (κ2) is 12.1. The molecule has 230 valence electrons. The number of benzene rings is 1. The summed E-state index contributed by atoms with van der Waals surface area (Å²) in [4.78, 5) is 29.0. The van der Waals surface area contributed by atoms with Gasteiger partial charge in [0.15, 0.2) is 22.0 Å². The summed E-state index contributed by atoms with van der Waals surface area (Å²) in [7, 11) is -3.80. The fraction of sp³-hybridized carbons (Fsp3) is 0.375. The highest BCUT2D eigenvalue weighted by molar-refractivity contribution is 7.91. The zero-order valence-electron chi connectivity index (χ0n) is 21.3. The van der Waals surface area contributed by atoms with Gasteiger partial charge in [-0.2, -0.15) is 35.1 Å². The van der Waals surface area contributed by atoms with Crippen LogP contribution >= 0.6 is 0 Å². The highest BCUT2D eigenvalue weighted by Gasteiger charge is 2.59. The molecule has 0 aliphatic carbocycles. The molecule has 0 saturated carbocycles. The predicted octanol–water partition coefficient (Wildman–Crippen LogP) is 3.52. The van der Waals surface area contributed by atoms with E-state index < -0.39 is 99.7 Å². The Morgan fingerprint density at radius 1 is 1.07 bits per heavy atom. The van der Waals surface area contributed by atoms with Gasteiger partial charge in [0.2, 0.25) is 11.8 Å². The van der Waals surface area contributed by atoms with Crippen LogP contribution in [0.5, 0.6) is 11.5 Å². The molecule has 2 amide bonds. The third kappa shape index (κ3) is 8.29. The highest BCUT2D eigenvalue weighted by Crippen LogP contribution is 2.48. The summed E-state index contributed by atoms with van der Waals surface area (Å²) in [6, 6.07) is 5.26. The fourth-order valence-corrected chi connectivity index (χ4v) is 4.55. The Kier molecular flexibility index (Phi) is 9.38. The summed E-state index contributed by atoms with van der Waals surface area (Å²) in [5.74, 6) is -4.25. The molecule has 2 aromatic rings. The third-order valence-electron chi connectivity index (χ3n) is 5.77. The Balaban J connectivity index is 2.07. The van der Waals surface area contributed by atoms with E-state index in [2.05, 4.69) is 19.8 Å². The van der Waals surface area contributed by atoms with E-state index in [4.69, 9.17) is 0 Å². The number of aromatic nitrogens is 1. The van der Waals surface area contributed by atoms with Gasteiger partial charge < -0.3 is 20.1 Å². The topological polar surface area (TPSA) is 124 Å². The van der Waals surface area contributed by atoms with Crippen LogP contribution in [0.15, 0.2) is 48.2 Å². The van der Waals surface area contributed by atoms with Crippen LogP contribution in [0.4, 0.5) is 35.1 Å². The molecule has 42 heavy (non-hydrogen) atoms. The maximum Gasteiger partial charge on any atom is 0.422 e. The minimum Gasteiger partial charge on any atom is -0.484 e. The number of pyridine rings is 1. The van der Waals surface area contributed by atoms with Gasteiger partial charge in [0.25, 0.3) is 0 Å². The summed E-state index contributed by atoms with van der Waals surface area (Å²) in [5.41, 5.74) is -4.90. The van der Waals surface area contributed by atoms with Crippen LogP contribution in [-0.4, -0.2) is 69.3 Å². The van der Waals surface area contributed by atoms with Crippen LogP contribution in [-0.2, 0) is 25.0 Å². The number of halogens is 8. The summed E-state index contributed by atoms with van der Waals surface area (Å²) in [6.07, 6.45) is -9.47. The molecule has 1 atom stereocenters. The molecule has 0 spiro atoms. The largest absolute Gasteiger partial charge is 0.484 e. The lowest BCUT2D eigenvalue weighted by Crippen LogP contribution is -2.59. The van der Waals surface area contributed by atoms with Gasteiger partial charge in [-0.05, 0) is 35.4 Å². The lowest BCUT2D eigenvalue weighted by molar-refractivity contribution is -0.201. The first-order chi connectivity index (χ1) is 19.3. The first kappa shape index (κ1) is 32.6. The Morgan fingerprint density at radius 3 is 2.19 bits per heavy atom. The van der Waals surface area contributed by atoms with Crippen LogP contribution < -0.4 is 20.1 Å². The fourth-order valence-electron chi connectivity index (χ4n) is 3.97. The highest BCUT2D eigenvalue weighted by atomic mass is 32.2. The average Bonchev–Trinajstić information content (AvgIpc) is 2.84. The minimum atomic E-state index is -5.22. The first-order valence-electron chi connectivity index (χ1n) is 11.6. The van der Waals surface area contributed by atoms with Gasteiger partial charge in [-0.1, -0.05) is 12.1 Å². The molecule has 3 rings (SSSR count). The van der Waals surface area contributed by atoms with E-state index in [1.54, 1.807) is 0 Å². The van der Waals surface area contributed by atoms with Gasteiger partial charge in [0.1, 0.15) is 17.3 Å². The molecule has 2 N–H and O–H groups in total. The molecule has 18 heteroatoms. The van der Waals surface area contributed by atoms with Crippen LogP contribution in [0, 0.1) is 0 Å². The zero-order valence-corrected chi connectivity index (χ0v) is 22.1. The second-order valence-electron chi connectivity index (χ2n) is 9.02. The molecule has 1 aromatic carbocycles. The average molecular weight is 631 g/mol. The Bertz CT molecular complexity index is 1440. The van der Waals surface area contributed by atoms with Crippen LogP contribution in [0.25, 0.3) is 5.57 Å². The number of ether oxygens (including phenoxy) is 2. The number of amides is 2. The lowest BCUT2D eigenvalue weighted by atomic mass is 9.77. The van der Waals surface area contributed by atoms with Crippen LogP contribution in [0.1, 0.15) is 17.7 Å². The molecule has 0 unspecified atom stereocenters. The molecule has 2 heterocycles. The van der Waals surface area contributed by atoms with E-state index in [0.717, 1.165) is 48.9 Å². The van der Waals surface area contributed by atoms with Crippen molar-refractivity contribution in [1.29, 1.82) is 0 Å². The van der Waals surface area contributed by atoms with Crippen molar-refractivity contribution in [2.75, 3.05) is 25.2 Å². The van der Waals surface area contributed by atoms with Crippen molar-refractivity contribution in [1.82, 2.24) is 15.6 Å². The summed E-state index contributed by atoms with van der Waals surface area (Å²) in [6.45, 7) is -5.67. The number of sulfone groups is 1. The lowest BCUT2D eigenvalue weighted by Gasteiger charge is -2.41. The molecule has 0 radical (unpaired) electrons. The standard InChI is InChI=1S/C24H21F8N3O6S/c1-42(38,39)11-19(36)34-10-17-16(18-7-6-15(9-33-18)41-21(25)26)8-22(24(30,31)32,35-20(17)37)13-2-4-14(5-3-13)40-12-23(27,28)29/h2-7,9,21H,8,10-12H2,1H3,(H,34,36)(H,35,37)/t22-/m0/s1. The van der Waals surface area contributed by atoms with Crippen LogP contribution in [0.3, 0.4) is 0 Å². The van der Waals surface area contributed by atoms with Gasteiger partial charge in [-0.3, -0.25) is 14.6 Å². The summed E-state index contributed by atoms with van der Waals surface area (Å²) >= 11 is 0. The normalized spacial score (nSPS) is 18.1. The van der Waals surface area contributed by atoms with E-state index >= 15 is 0 Å². The van der Waals surface area contributed by atoms with Crippen molar-refractivity contribution >= 4 is 27.2 Å². The van der Waals surface area contributed by atoms with Crippen molar-refractivity contribution in [3.05, 3.63) is 59.4 Å². The molecule has 0 fully saturated rings. The van der Waals surface area contributed by atoms with E-state index in [-0.39, 0.29) is 5.69 Å². The monoisotopic (exact) mass is 631 g/mol. The first-order valence-corrected chi connectivity index (χ1v) is 13.6. The minimum absolute atomic E-state index is 0.294. The maximum atomic E-state index is 14.7. The number of nitrogens with zero attached hydrogens (tertiary/aromatic N) is 1. The number of nitrogens with one attached hydrogen (secondary N) is 2. The number of alkyl halides is 8. The molecular weight excluding hydrogens is 610 g/mol. The van der Waals surface area contributed by atoms with Gasteiger partial charge in [-0.25, -0.2) is 8.42 Å². The summed E-state index contributed by atoms with van der Waals surface area (Å²) < 4.78 is 138. The Hall–Kier alpha value is -3.96. The Labute approximate surface area is 232 Å². The molecule has 9 nitrogen and oxygen atoms in total. The maximum absolute atomic E-state index is 14.7. The summed E-state index contributed by atoms with van der Waals surface area (Å²) in [5, 5.41) is 4.00. The van der Waals surface area contributed by atoms with Gasteiger partial charge in [-0.15, -0.1) is 0 Å². The van der Waals surface area contributed by atoms with E-state index in [0.29, 0.717) is 0 Å². The molecular formula is C24H21F8N3O6S. The van der Waals surface area contributed by atoms with Crippen molar-refractivity contribution < 1.29 is 62.6 Å². The number of hydrogen-bond acceptors (Lipinski definition) is 7.